The monoisotopic (exact) mass is 200 g/mol. The number of amides is 1. The molecular weight excluding hydrogens is 190 g/mol. The van der Waals surface area contributed by atoms with E-state index in [-0.39, 0.29) is 18.7 Å². The van der Waals surface area contributed by atoms with E-state index in [2.05, 4.69) is 5.32 Å². The second-order valence-corrected chi connectivity index (χ2v) is 2.69. The van der Waals surface area contributed by atoms with Gasteiger partial charge in [-0.3, -0.25) is 4.79 Å². The Kier molecular flexibility index (Phi) is 3.53. The molecule has 3 N–H and O–H groups in total. The number of benzene rings is 1. The Morgan fingerprint density at radius 1 is 1.43 bits per heavy atom. The average Bonchev–Trinajstić information content (AvgIpc) is 2.20. The molecule has 0 bridgehead atoms. The molecule has 5 heteroatoms. The Hall–Kier alpha value is -1.49. The van der Waals surface area contributed by atoms with Crippen LogP contribution < -0.4 is 11.1 Å². The van der Waals surface area contributed by atoms with Crippen LogP contribution in [0.25, 0.3) is 0 Å². The predicted octanol–water partition coefficient (Wildman–Crippen LogP) is 0.540. The van der Waals surface area contributed by atoms with Gasteiger partial charge in [-0.05, 0) is 6.07 Å². The zero-order valence-electron chi connectivity index (χ0n) is 7.39. The molecule has 14 heavy (non-hydrogen) atoms. The number of halogens is 2. The van der Waals surface area contributed by atoms with E-state index in [1.807, 2.05) is 0 Å². The Morgan fingerprint density at radius 2 is 2.14 bits per heavy atom. The third kappa shape index (κ3) is 2.50. The second-order valence-electron chi connectivity index (χ2n) is 2.69. The number of nitrogens with two attached hydrogens (primary N) is 1. The van der Waals surface area contributed by atoms with Gasteiger partial charge >= 0.3 is 0 Å². The average molecular weight is 200 g/mol. The molecule has 0 aliphatic rings. The van der Waals surface area contributed by atoms with Crippen LogP contribution in [0.4, 0.5) is 8.78 Å². The summed E-state index contributed by atoms with van der Waals surface area (Å²) in [6.07, 6.45) is 0. The van der Waals surface area contributed by atoms with Crippen molar-refractivity contribution in [3.8, 4) is 0 Å². The molecule has 3 nitrogen and oxygen atoms in total. The predicted molar refractivity (Wildman–Crippen MR) is 47.3 cm³/mol. The van der Waals surface area contributed by atoms with Gasteiger partial charge in [-0.25, -0.2) is 8.78 Å². The van der Waals surface area contributed by atoms with Crippen LogP contribution in [0, 0.1) is 11.6 Å². The van der Waals surface area contributed by atoms with Gasteiger partial charge in [0.25, 0.3) is 0 Å². The first-order valence-electron chi connectivity index (χ1n) is 4.05. The molecule has 0 unspecified atom stereocenters. The van der Waals surface area contributed by atoms with Gasteiger partial charge in [0, 0.05) is 12.1 Å². The smallest absolute Gasteiger partial charge is 0.234 e. The number of rotatable bonds is 3. The van der Waals surface area contributed by atoms with Gasteiger partial charge < -0.3 is 11.1 Å². The van der Waals surface area contributed by atoms with Gasteiger partial charge in [-0.15, -0.1) is 0 Å². The van der Waals surface area contributed by atoms with Gasteiger partial charge in [-0.1, -0.05) is 12.1 Å². The van der Waals surface area contributed by atoms with Gasteiger partial charge in [0.05, 0.1) is 6.54 Å². The number of nitrogens with one attached hydrogen (secondary N) is 1. The summed E-state index contributed by atoms with van der Waals surface area (Å²) in [5, 5.41) is 2.35. The van der Waals surface area contributed by atoms with Crippen LogP contribution >= 0.6 is 0 Å². The van der Waals surface area contributed by atoms with E-state index in [0.717, 1.165) is 6.07 Å². The van der Waals surface area contributed by atoms with E-state index < -0.39 is 17.5 Å². The minimum atomic E-state index is -0.940. The van der Waals surface area contributed by atoms with Crippen LogP contribution in [0.15, 0.2) is 18.2 Å². The van der Waals surface area contributed by atoms with Crippen molar-refractivity contribution in [2.24, 2.45) is 5.73 Å². The maximum absolute atomic E-state index is 13.0. The Bertz CT molecular complexity index is 342. The van der Waals surface area contributed by atoms with Gasteiger partial charge in [0.15, 0.2) is 11.6 Å². The zero-order chi connectivity index (χ0) is 10.6. The molecule has 0 aliphatic carbocycles. The first-order valence-corrected chi connectivity index (χ1v) is 4.05. The van der Waals surface area contributed by atoms with Crippen molar-refractivity contribution in [3.05, 3.63) is 35.4 Å². The molecule has 76 valence electrons. The fraction of sp³-hybridized carbons (Fsp3) is 0.222. The molecule has 0 aromatic heterocycles. The molecule has 0 fully saturated rings. The van der Waals surface area contributed by atoms with E-state index in [1.165, 1.54) is 12.1 Å². The standard InChI is InChI=1S/C9H10F2N2O/c10-7-3-1-2-6(9(7)11)5-13-8(14)4-12/h1-3H,4-5,12H2,(H,13,14). The first-order chi connectivity index (χ1) is 6.65. The third-order valence-corrected chi connectivity index (χ3v) is 1.69. The number of hydrogen-bond donors (Lipinski definition) is 2. The van der Waals surface area contributed by atoms with E-state index in [1.54, 1.807) is 0 Å². The van der Waals surface area contributed by atoms with Gasteiger partial charge in [0.2, 0.25) is 5.91 Å². The topological polar surface area (TPSA) is 55.1 Å². The summed E-state index contributed by atoms with van der Waals surface area (Å²) in [6, 6.07) is 3.79. The highest BCUT2D eigenvalue weighted by molar-refractivity contribution is 5.77. The number of hydrogen-bond acceptors (Lipinski definition) is 2. The molecule has 0 saturated carbocycles. The second kappa shape index (κ2) is 4.66. The fourth-order valence-corrected chi connectivity index (χ4v) is 0.951. The molecule has 1 aromatic carbocycles. The number of carbonyl (C=O) groups is 1. The SMILES string of the molecule is NCC(=O)NCc1cccc(F)c1F. The lowest BCUT2D eigenvalue weighted by molar-refractivity contribution is -0.119. The maximum Gasteiger partial charge on any atom is 0.234 e. The van der Waals surface area contributed by atoms with Crippen LogP contribution in [-0.4, -0.2) is 12.5 Å². The minimum Gasteiger partial charge on any atom is -0.351 e. The van der Waals surface area contributed by atoms with E-state index >= 15 is 0 Å². The van der Waals surface area contributed by atoms with Crippen LogP contribution in [0.1, 0.15) is 5.56 Å². The summed E-state index contributed by atoms with van der Waals surface area (Å²) in [5.41, 5.74) is 5.13. The minimum absolute atomic E-state index is 0.0559. The van der Waals surface area contributed by atoms with Crippen molar-refractivity contribution in [3.63, 3.8) is 0 Å². The van der Waals surface area contributed by atoms with Crippen molar-refractivity contribution in [2.45, 2.75) is 6.54 Å². The molecule has 0 heterocycles. The Labute approximate surface area is 79.9 Å². The lowest BCUT2D eigenvalue weighted by atomic mass is 10.2. The summed E-state index contributed by atoms with van der Waals surface area (Å²) in [5.74, 6) is -2.28. The van der Waals surface area contributed by atoms with Crippen molar-refractivity contribution in [1.82, 2.24) is 5.32 Å². The molecule has 1 rings (SSSR count). The van der Waals surface area contributed by atoms with Crippen LogP contribution in [0.3, 0.4) is 0 Å². The lowest BCUT2D eigenvalue weighted by Crippen LogP contribution is -2.30. The summed E-state index contributed by atoms with van der Waals surface area (Å²) in [6.45, 7) is -0.226. The lowest BCUT2D eigenvalue weighted by Gasteiger charge is -2.04. The number of carbonyl (C=O) groups excluding carboxylic acids is 1. The van der Waals surface area contributed by atoms with Crippen molar-refractivity contribution < 1.29 is 13.6 Å². The zero-order valence-corrected chi connectivity index (χ0v) is 7.39. The quantitative estimate of drug-likeness (QED) is 0.748. The third-order valence-electron chi connectivity index (χ3n) is 1.69. The molecule has 1 aromatic rings. The summed E-state index contributed by atoms with van der Waals surface area (Å²) >= 11 is 0. The molecular formula is C9H10F2N2O. The van der Waals surface area contributed by atoms with Crippen LogP contribution in [0.2, 0.25) is 0 Å². The summed E-state index contributed by atoms with van der Waals surface area (Å²) in [4.78, 5) is 10.7. The van der Waals surface area contributed by atoms with E-state index in [0.29, 0.717) is 0 Å². The first kappa shape index (κ1) is 10.6. The molecule has 0 spiro atoms. The normalized spacial score (nSPS) is 9.93. The van der Waals surface area contributed by atoms with Gasteiger partial charge in [-0.2, -0.15) is 0 Å². The molecule has 0 aliphatic heterocycles. The highest BCUT2D eigenvalue weighted by Crippen LogP contribution is 2.10. The largest absolute Gasteiger partial charge is 0.351 e. The van der Waals surface area contributed by atoms with Crippen LogP contribution in [0.5, 0.6) is 0 Å². The molecule has 0 radical (unpaired) electrons. The van der Waals surface area contributed by atoms with Gasteiger partial charge in [0.1, 0.15) is 0 Å². The molecule has 1 amide bonds. The van der Waals surface area contributed by atoms with E-state index in [4.69, 9.17) is 5.73 Å². The Morgan fingerprint density at radius 3 is 2.79 bits per heavy atom. The summed E-state index contributed by atoms with van der Waals surface area (Å²) < 4.78 is 25.7. The highest BCUT2D eigenvalue weighted by atomic mass is 19.2. The maximum atomic E-state index is 13.0. The van der Waals surface area contributed by atoms with Crippen molar-refractivity contribution in [2.75, 3.05) is 6.54 Å². The molecule has 0 atom stereocenters. The van der Waals surface area contributed by atoms with Crippen LogP contribution in [-0.2, 0) is 11.3 Å². The fourth-order valence-electron chi connectivity index (χ4n) is 0.951. The highest BCUT2D eigenvalue weighted by Gasteiger charge is 2.07. The summed E-state index contributed by atoms with van der Waals surface area (Å²) in [7, 11) is 0. The molecule has 0 saturated heterocycles. The Balaban J connectivity index is 2.68. The van der Waals surface area contributed by atoms with Crippen molar-refractivity contribution >= 4 is 5.91 Å². The van der Waals surface area contributed by atoms with Crippen molar-refractivity contribution in [1.29, 1.82) is 0 Å². The van der Waals surface area contributed by atoms with E-state index in [9.17, 15) is 13.6 Å².